The van der Waals surface area contributed by atoms with Crippen LogP contribution in [0.4, 0.5) is 5.69 Å². The Balaban J connectivity index is 1.65. The fourth-order valence-corrected chi connectivity index (χ4v) is 3.43. The Kier molecular flexibility index (Phi) is 5.04. The number of carbonyl (C=O) groups excluding carboxylic acids is 1. The van der Waals surface area contributed by atoms with Crippen molar-refractivity contribution in [2.75, 3.05) is 13.1 Å². The van der Waals surface area contributed by atoms with Gasteiger partial charge in [-0.3, -0.25) is 19.8 Å². The van der Waals surface area contributed by atoms with Gasteiger partial charge in [0.15, 0.2) is 0 Å². The average Bonchev–Trinajstić information content (AvgIpc) is 2.61. The van der Waals surface area contributed by atoms with Crippen LogP contribution in [0.2, 0.25) is 0 Å². The highest BCUT2D eigenvalue weighted by Gasteiger charge is 2.27. The van der Waals surface area contributed by atoms with Gasteiger partial charge in [-0.1, -0.05) is 30.3 Å². The van der Waals surface area contributed by atoms with Crippen molar-refractivity contribution in [3.63, 3.8) is 0 Å². The molecule has 0 fully saturated rings. The van der Waals surface area contributed by atoms with Crippen molar-refractivity contribution in [3.8, 4) is 0 Å². The van der Waals surface area contributed by atoms with Gasteiger partial charge in [-0.2, -0.15) is 0 Å². The van der Waals surface area contributed by atoms with Gasteiger partial charge in [0.1, 0.15) is 0 Å². The largest absolute Gasteiger partial charge is 0.346 e. The Morgan fingerprint density at radius 1 is 1.19 bits per heavy atom. The van der Waals surface area contributed by atoms with Gasteiger partial charge in [0.25, 0.3) is 11.6 Å². The molecule has 26 heavy (non-hydrogen) atoms. The highest BCUT2D eigenvalue weighted by molar-refractivity contribution is 5.95. The number of hydrogen-bond acceptors (Lipinski definition) is 4. The van der Waals surface area contributed by atoms with Gasteiger partial charge in [-0.15, -0.1) is 0 Å². The number of nitro groups is 1. The summed E-state index contributed by atoms with van der Waals surface area (Å²) in [4.78, 5) is 25.3. The zero-order valence-electron chi connectivity index (χ0n) is 15.1. The Hall–Kier alpha value is -2.73. The molecule has 0 aromatic heterocycles. The second kappa shape index (κ2) is 7.25. The minimum Gasteiger partial charge on any atom is -0.346 e. The zero-order valence-corrected chi connectivity index (χ0v) is 15.1. The molecule has 0 bridgehead atoms. The van der Waals surface area contributed by atoms with Gasteiger partial charge in [-0.25, -0.2) is 0 Å². The number of rotatable bonds is 5. The number of non-ortho nitro benzene ring substituents is 1. The molecule has 0 saturated carbocycles. The maximum absolute atomic E-state index is 12.5. The van der Waals surface area contributed by atoms with Crippen LogP contribution in [0.3, 0.4) is 0 Å². The first-order chi connectivity index (χ1) is 12.3. The van der Waals surface area contributed by atoms with Crippen molar-refractivity contribution in [2.24, 2.45) is 0 Å². The van der Waals surface area contributed by atoms with Gasteiger partial charge >= 0.3 is 0 Å². The molecule has 136 valence electrons. The summed E-state index contributed by atoms with van der Waals surface area (Å²) in [6.07, 6.45) is 1.01. The van der Waals surface area contributed by atoms with E-state index >= 15 is 0 Å². The van der Waals surface area contributed by atoms with E-state index in [2.05, 4.69) is 34.5 Å². The molecule has 0 saturated heterocycles. The summed E-state index contributed by atoms with van der Waals surface area (Å²) in [5.74, 6) is -0.295. The normalized spacial score (nSPS) is 14.5. The van der Waals surface area contributed by atoms with Crippen LogP contribution in [0.25, 0.3) is 0 Å². The predicted molar refractivity (Wildman–Crippen MR) is 100 cm³/mol. The van der Waals surface area contributed by atoms with Crippen LogP contribution in [0.5, 0.6) is 0 Å². The Morgan fingerprint density at radius 2 is 1.92 bits per heavy atom. The molecule has 0 radical (unpaired) electrons. The first-order valence-corrected chi connectivity index (χ1v) is 8.70. The second-order valence-electron chi connectivity index (χ2n) is 7.37. The molecule has 2 aromatic rings. The lowest BCUT2D eigenvalue weighted by atomic mass is 9.97. The molecule has 6 nitrogen and oxygen atoms in total. The predicted octanol–water partition coefficient (Wildman–Crippen LogP) is 3.16. The van der Waals surface area contributed by atoms with Crippen molar-refractivity contribution >= 4 is 11.6 Å². The molecule has 1 N–H and O–H groups in total. The Bertz CT molecular complexity index is 833. The zero-order chi connectivity index (χ0) is 18.7. The number of nitrogens with zero attached hydrogens (tertiary/aromatic N) is 2. The third-order valence-corrected chi connectivity index (χ3v) is 4.60. The maximum Gasteiger partial charge on any atom is 0.270 e. The fourth-order valence-electron chi connectivity index (χ4n) is 3.43. The number of carbonyl (C=O) groups is 1. The molecule has 2 aromatic carbocycles. The van der Waals surface area contributed by atoms with E-state index in [4.69, 9.17) is 0 Å². The van der Waals surface area contributed by atoms with Crippen molar-refractivity contribution in [1.82, 2.24) is 10.2 Å². The first-order valence-electron chi connectivity index (χ1n) is 8.70. The van der Waals surface area contributed by atoms with E-state index in [1.165, 1.54) is 29.3 Å². The van der Waals surface area contributed by atoms with E-state index in [0.717, 1.165) is 19.5 Å². The summed E-state index contributed by atoms with van der Waals surface area (Å²) in [7, 11) is 0. The fraction of sp³-hybridized carbons (Fsp3) is 0.350. The van der Waals surface area contributed by atoms with Crippen LogP contribution in [-0.2, 0) is 13.0 Å². The lowest BCUT2D eigenvalue weighted by molar-refractivity contribution is -0.384. The molecule has 6 heteroatoms. The van der Waals surface area contributed by atoms with Crippen molar-refractivity contribution in [2.45, 2.75) is 32.4 Å². The monoisotopic (exact) mass is 353 g/mol. The summed E-state index contributed by atoms with van der Waals surface area (Å²) in [5.41, 5.74) is 2.50. The van der Waals surface area contributed by atoms with Crippen LogP contribution in [0, 0.1) is 10.1 Å². The lowest BCUT2D eigenvalue weighted by Crippen LogP contribution is -2.52. The topological polar surface area (TPSA) is 75.5 Å². The van der Waals surface area contributed by atoms with Gasteiger partial charge in [0.05, 0.1) is 4.92 Å². The summed E-state index contributed by atoms with van der Waals surface area (Å²) in [6, 6.07) is 14.3. The first kappa shape index (κ1) is 18.1. The number of benzene rings is 2. The van der Waals surface area contributed by atoms with Crippen LogP contribution < -0.4 is 5.32 Å². The van der Waals surface area contributed by atoms with E-state index in [0.29, 0.717) is 12.1 Å². The van der Waals surface area contributed by atoms with Crippen LogP contribution >= 0.6 is 0 Å². The number of fused-ring (bicyclic) bond motifs is 1. The minimum absolute atomic E-state index is 0.0805. The Morgan fingerprint density at radius 3 is 2.65 bits per heavy atom. The van der Waals surface area contributed by atoms with E-state index < -0.39 is 10.5 Å². The molecule has 0 spiro atoms. The highest BCUT2D eigenvalue weighted by Crippen LogP contribution is 2.21. The summed E-state index contributed by atoms with van der Waals surface area (Å²) in [6.45, 7) is 6.48. The summed E-state index contributed by atoms with van der Waals surface area (Å²) >= 11 is 0. The quantitative estimate of drug-likeness (QED) is 0.662. The second-order valence-corrected chi connectivity index (χ2v) is 7.37. The van der Waals surface area contributed by atoms with E-state index in [1.807, 2.05) is 13.8 Å². The maximum atomic E-state index is 12.5. The summed E-state index contributed by atoms with van der Waals surface area (Å²) in [5, 5.41) is 13.9. The minimum atomic E-state index is -0.493. The average molecular weight is 353 g/mol. The number of hydrogen-bond donors (Lipinski definition) is 1. The number of nitrogens with one attached hydrogen (secondary N) is 1. The molecular formula is C20H23N3O3. The molecule has 1 aliphatic rings. The highest BCUT2D eigenvalue weighted by atomic mass is 16.6. The Labute approximate surface area is 153 Å². The summed E-state index contributed by atoms with van der Waals surface area (Å²) < 4.78 is 0. The lowest BCUT2D eigenvalue weighted by Gasteiger charge is -2.36. The molecule has 0 unspecified atom stereocenters. The molecule has 1 aliphatic heterocycles. The SMILES string of the molecule is CC(C)(CN1CCc2ccccc2C1)NC(=O)c1cccc([N+](=O)[O-])c1. The van der Waals surface area contributed by atoms with E-state index in [9.17, 15) is 14.9 Å². The van der Waals surface area contributed by atoms with Crippen LogP contribution in [-0.4, -0.2) is 34.4 Å². The van der Waals surface area contributed by atoms with Crippen molar-refractivity contribution in [1.29, 1.82) is 0 Å². The van der Waals surface area contributed by atoms with Crippen molar-refractivity contribution in [3.05, 3.63) is 75.3 Å². The van der Waals surface area contributed by atoms with Crippen LogP contribution in [0.1, 0.15) is 35.3 Å². The molecule has 1 heterocycles. The van der Waals surface area contributed by atoms with Crippen LogP contribution in [0.15, 0.2) is 48.5 Å². The number of amides is 1. The molecule has 0 atom stereocenters. The van der Waals surface area contributed by atoms with Gasteiger partial charge in [-0.05, 0) is 37.5 Å². The number of nitro benzene ring substituents is 1. The van der Waals surface area contributed by atoms with E-state index in [-0.39, 0.29) is 11.6 Å². The molecular weight excluding hydrogens is 330 g/mol. The molecule has 0 aliphatic carbocycles. The molecule has 1 amide bonds. The standard InChI is InChI=1S/C20H23N3O3/c1-20(2,14-22-11-10-15-6-3-4-7-17(15)13-22)21-19(24)16-8-5-9-18(12-16)23(25)26/h3-9,12H,10-11,13-14H2,1-2H3,(H,21,24). The molecule has 3 rings (SSSR count). The van der Waals surface area contributed by atoms with E-state index in [1.54, 1.807) is 6.07 Å². The third kappa shape index (κ3) is 4.26. The smallest absolute Gasteiger partial charge is 0.270 e. The third-order valence-electron chi connectivity index (χ3n) is 4.60. The van der Waals surface area contributed by atoms with Gasteiger partial charge in [0, 0.05) is 42.9 Å². The van der Waals surface area contributed by atoms with Crippen molar-refractivity contribution < 1.29 is 9.72 Å². The van der Waals surface area contributed by atoms with Gasteiger partial charge < -0.3 is 5.32 Å². The van der Waals surface area contributed by atoms with Gasteiger partial charge in [0.2, 0.25) is 0 Å².